The van der Waals surface area contributed by atoms with Crippen LogP contribution in [-0.4, -0.2) is 40.7 Å². The van der Waals surface area contributed by atoms with Crippen molar-refractivity contribution in [3.8, 4) is 0 Å². The first-order valence-electron chi connectivity index (χ1n) is 8.18. The van der Waals surface area contributed by atoms with E-state index in [1.165, 1.54) is 37.3 Å². The Morgan fingerprint density at radius 1 is 1.14 bits per heavy atom. The van der Waals surface area contributed by atoms with Crippen molar-refractivity contribution in [3.05, 3.63) is 51.7 Å². The van der Waals surface area contributed by atoms with Crippen LogP contribution < -0.4 is 0 Å². The number of nitro groups is 1. The van der Waals surface area contributed by atoms with Crippen molar-refractivity contribution >= 4 is 23.8 Å². The number of carbonyl (C=O) groups is 3. The molecule has 1 aromatic rings. The third kappa shape index (κ3) is 6.38. The van der Waals surface area contributed by atoms with Gasteiger partial charge in [-0.25, -0.2) is 14.4 Å². The van der Waals surface area contributed by atoms with Gasteiger partial charge in [-0.1, -0.05) is 6.08 Å². The fourth-order valence-corrected chi connectivity index (χ4v) is 1.95. The van der Waals surface area contributed by atoms with Crippen LogP contribution in [0.15, 0.2) is 36.0 Å². The van der Waals surface area contributed by atoms with Gasteiger partial charge in [-0.3, -0.25) is 10.1 Å². The zero-order chi connectivity index (χ0) is 21.5. The number of methoxy groups -OCH3 is 1. The molecule has 0 N–H and O–H groups in total. The molecule has 0 saturated heterocycles. The smallest absolute Gasteiger partial charge is 0.424 e. The number of rotatable bonds is 5. The topological polar surface area (TPSA) is 125 Å². The summed E-state index contributed by atoms with van der Waals surface area (Å²) in [6.45, 7) is 5.94. The van der Waals surface area contributed by atoms with Crippen molar-refractivity contribution < 1.29 is 33.5 Å². The lowest BCUT2D eigenvalue weighted by molar-refractivity contribution is -0.384. The van der Waals surface area contributed by atoms with E-state index in [2.05, 4.69) is 4.74 Å². The molecule has 0 aromatic heterocycles. The number of esters is 1. The lowest BCUT2D eigenvalue weighted by Gasteiger charge is -2.26. The molecule has 0 heterocycles. The summed E-state index contributed by atoms with van der Waals surface area (Å²) in [5.74, 6) is -0.930. The first kappa shape index (κ1) is 22.6. The molecule has 28 heavy (non-hydrogen) atoms. The van der Waals surface area contributed by atoms with E-state index in [0.29, 0.717) is 10.5 Å². The zero-order valence-electron chi connectivity index (χ0n) is 16.3. The lowest BCUT2D eigenvalue weighted by Crippen LogP contribution is -2.42. The molecule has 0 fully saturated rings. The molecule has 152 valence electrons. The van der Waals surface area contributed by atoms with Crippen molar-refractivity contribution in [2.45, 2.75) is 39.9 Å². The highest BCUT2D eigenvalue weighted by Crippen LogP contribution is 2.18. The predicted octanol–water partition coefficient (Wildman–Crippen LogP) is 3.55. The van der Waals surface area contributed by atoms with Crippen LogP contribution in [0.3, 0.4) is 0 Å². The summed E-state index contributed by atoms with van der Waals surface area (Å²) in [6, 6.07) is 5.31. The number of imide groups is 1. The fraction of sp³-hybridized carbons (Fsp3) is 0.389. The van der Waals surface area contributed by atoms with Crippen molar-refractivity contribution in [2.24, 2.45) is 0 Å². The largest absolute Gasteiger partial charge is 0.464 e. The number of benzene rings is 1. The maximum absolute atomic E-state index is 12.5. The molecule has 0 aliphatic rings. The standard InChI is InChI=1S/C18H22N2O8/c1-6-14(15(21)26-5)19(17(23)28-18(2,3)4)16(22)27-11-12-7-9-13(10-8-12)20(24)25/h6-10H,11H2,1-5H3/b14-6-. The maximum atomic E-state index is 12.5. The van der Waals surface area contributed by atoms with E-state index in [1.54, 1.807) is 20.8 Å². The van der Waals surface area contributed by atoms with Gasteiger partial charge in [0.15, 0.2) is 0 Å². The second kappa shape index (κ2) is 9.49. The van der Waals surface area contributed by atoms with Gasteiger partial charge in [0.2, 0.25) is 0 Å². The van der Waals surface area contributed by atoms with E-state index in [9.17, 15) is 24.5 Å². The van der Waals surface area contributed by atoms with Crippen LogP contribution >= 0.6 is 0 Å². The molecule has 0 unspecified atom stereocenters. The Morgan fingerprint density at radius 3 is 2.14 bits per heavy atom. The molecular weight excluding hydrogens is 372 g/mol. The normalized spacial score (nSPS) is 11.4. The first-order valence-corrected chi connectivity index (χ1v) is 8.18. The van der Waals surface area contributed by atoms with E-state index in [4.69, 9.17) is 9.47 Å². The van der Waals surface area contributed by atoms with Crippen LogP contribution in [0, 0.1) is 10.1 Å². The number of nitro benzene ring substituents is 1. The number of nitrogens with zero attached hydrogens (tertiary/aromatic N) is 2. The molecule has 0 aliphatic heterocycles. The number of carbonyl (C=O) groups excluding carboxylic acids is 3. The second-order valence-electron chi connectivity index (χ2n) is 6.46. The number of amides is 2. The van der Waals surface area contributed by atoms with Crippen molar-refractivity contribution in [1.82, 2.24) is 4.90 Å². The molecule has 0 spiro atoms. The van der Waals surface area contributed by atoms with Gasteiger partial charge in [0.05, 0.1) is 12.0 Å². The molecule has 0 atom stereocenters. The Bertz CT molecular complexity index is 778. The Balaban J connectivity index is 3.02. The average molecular weight is 394 g/mol. The van der Waals surface area contributed by atoms with Gasteiger partial charge in [-0.05, 0) is 45.4 Å². The number of hydrogen-bond donors (Lipinski definition) is 0. The molecular formula is C18H22N2O8. The molecule has 2 amide bonds. The summed E-state index contributed by atoms with van der Waals surface area (Å²) in [5, 5.41) is 10.7. The number of non-ortho nitro benzene ring substituents is 1. The van der Waals surface area contributed by atoms with E-state index in [1.807, 2.05) is 0 Å². The van der Waals surface area contributed by atoms with E-state index < -0.39 is 28.7 Å². The quantitative estimate of drug-likeness (QED) is 0.244. The minimum Gasteiger partial charge on any atom is -0.464 e. The molecule has 10 nitrogen and oxygen atoms in total. The average Bonchev–Trinajstić information content (AvgIpc) is 2.62. The summed E-state index contributed by atoms with van der Waals surface area (Å²) in [4.78, 5) is 47.4. The monoisotopic (exact) mass is 394 g/mol. The molecule has 10 heteroatoms. The second-order valence-corrected chi connectivity index (χ2v) is 6.46. The summed E-state index contributed by atoms with van der Waals surface area (Å²) in [7, 11) is 1.10. The Morgan fingerprint density at radius 2 is 1.71 bits per heavy atom. The van der Waals surface area contributed by atoms with Gasteiger partial charge < -0.3 is 14.2 Å². The molecule has 1 aromatic carbocycles. The molecule has 0 bridgehead atoms. The zero-order valence-corrected chi connectivity index (χ0v) is 16.3. The summed E-state index contributed by atoms with van der Waals surface area (Å²) < 4.78 is 14.8. The van der Waals surface area contributed by atoms with Crippen molar-refractivity contribution in [2.75, 3.05) is 7.11 Å². The highest BCUT2D eigenvalue weighted by molar-refractivity contribution is 6.01. The van der Waals surface area contributed by atoms with Gasteiger partial charge in [-0.15, -0.1) is 0 Å². The SMILES string of the molecule is C/C=C(/C(=O)OC)N(C(=O)OCc1ccc([N+](=O)[O-])cc1)C(=O)OC(C)(C)C. The number of allylic oxidation sites excluding steroid dienone is 1. The molecule has 0 saturated carbocycles. The van der Waals surface area contributed by atoms with Crippen LogP contribution in [0.2, 0.25) is 0 Å². The Kier molecular flexibility index (Phi) is 7.66. The minimum atomic E-state index is -1.16. The van der Waals surface area contributed by atoms with E-state index in [0.717, 1.165) is 7.11 Å². The summed E-state index contributed by atoms with van der Waals surface area (Å²) in [6.07, 6.45) is -1.06. The summed E-state index contributed by atoms with van der Waals surface area (Å²) in [5.41, 5.74) is -0.968. The molecule has 0 aliphatic carbocycles. The minimum absolute atomic E-state index is 0.118. The fourth-order valence-electron chi connectivity index (χ4n) is 1.95. The van der Waals surface area contributed by atoms with E-state index in [-0.39, 0.29) is 18.0 Å². The summed E-state index contributed by atoms with van der Waals surface area (Å²) >= 11 is 0. The van der Waals surface area contributed by atoms with E-state index >= 15 is 0 Å². The Labute approximate surface area is 161 Å². The highest BCUT2D eigenvalue weighted by Gasteiger charge is 2.35. The van der Waals surface area contributed by atoms with Gasteiger partial charge in [0, 0.05) is 12.1 Å². The van der Waals surface area contributed by atoms with Crippen molar-refractivity contribution in [3.63, 3.8) is 0 Å². The lowest BCUT2D eigenvalue weighted by atomic mass is 10.2. The van der Waals surface area contributed by atoms with Crippen LogP contribution in [-0.2, 0) is 25.6 Å². The number of ether oxygens (including phenoxy) is 3. The van der Waals surface area contributed by atoms with Crippen LogP contribution in [0.1, 0.15) is 33.3 Å². The Hall–Kier alpha value is -3.43. The molecule has 1 rings (SSSR count). The number of hydrogen-bond acceptors (Lipinski definition) is 8. The third-order valence-electron chi connectivity index (χ3n) is 3.18. The van der Waals surface area contributed by atoms with Crippen molar-refractivity contribution in [1.29, 1.82) is 0 Å². The van der Waals surface area contributed by atoms with Gasteiger partial charge >= 0.3 is 18.2 Å². The third-order valence-corrected chi connectivity index (χ3v) is 3.18. The van der Waals surface area contributed by atoms with Gasteiger partial charge in [0.25, 0.3) is 5.69 Å². The van der Waals surface area contributed by atoms with Gasteiger partial charge in [0.1, 0.15) is 17.9 Å². The van der Waals surface area contributed by atoms with Crippen LogP contribution in [0.5, 0.6) is 0 Å². The maximum Gasteiger partial charge on any atom is 0.424 e. The van der Waals surface area contributed by atoms with Gasteiger partial charge in [-0.2, -0.15) is 4.90 Å². The van der Waals surface area contributed by atoms with Crippen LogP contribution in [0.25, 0.3) is 0 Å². The highest BCUT2D eigenvalue weighted by atomic mass is 16.6. The molecule has 0 radical (unpaired) electrons. The first-order chi connectivity index (χ1) is 13.0. The predicted molar refractivity (Wildman–Crippen MR) is 97.1 cm³/mol. The van der Waals surface area contributed by atoms with Crippen LogP contribution in [0.4, 0.5) is 15.3 Å².